The van der Waals surface area contributed by atoms with Gasteiger partial charge >= 0.3 is 0 Å². The van der Waals surface area contributed by atoms with Crippen LogP contribution in [0.2, 0.25) is 0 Å². The molecule has 0 saturated heterocycles. The molecule has 0 fully saturated rings. The first-order valence-electron chi connectivity index (χ1n) is 6.29. The number of carbonyl (C=O) groups is 1. The van der Waals surface area contributed by atoms with Gasteiger partial charge in [-0.25, -0.2) is 0 Å². The molecule has 2 rings (SSSR count). The highest BCUT2D eigenvalue weighted by Crippen LogP contribution is 2.23. The molecule has 0 aliphatic rings. The number of benzene rings is 2. The molecule has 1 nitrogen and oxygen atoms in total. The third kappa shape index (κ3) is 3.32. The molecule has 0 aliphatic heterocycles. The lowest BCUT2D eigenvalue weighted by Gasteiger charge is -2.19. The number of rotatable bonds is 2. The summed E-state index contributed by atoms with van der Waals surface area (Å²) in [6, 6.07) is 15.4. The van der Waals surface area contributed by atoms with Gasteiger partial charge < -0.3 is 0 Å². The van der Waals surface area contributed by atoms with Crippen LogP contribution in [0.5, 0.6) is 0 Å². The fourth-order valence-electron chi connectivity index (χ4n) is 1.92. The Morgan fingerprint density at radius 3 is 2.11 bits per heavy atom. The van der Waals surface area contributed by atoms with Crippen LogP contribution in [0.15, 0.2) is 53.0 Å². The number of halogens is 1. The Hall–Kier alpha value is -1.41. The molecular formula is C17H17BrO. The van der Waals surface area contributed by atoms with Crippen molar-refractivity contribution in [3.05, 3.63) is 69.7 Å². The van der Waals surface area contributed by atoms with E-state index in [4.69, 9.17) is 0 Å². The van der Waals surface area contributed by atoms with E-state index < -0.39 is 0 Å². The molecule has 0 atom stereocenters. The SMILES string of the molecule is CC(C)(C)c1ccc(C(=O)c2cccc(Br)c2)cc1. The Morgan fingerprint density at radius 1 is 0.947 bits per heavy atom. The minimum atomic E-state index is 0.0572. The summed E-state index contributed by atoms with van der Waals surface area (Å²) in [4.78, 5) is 12.3. The maximum atomic E-state index is 12.3. The third-order valence-electron chi connectivity index (χ3n) is 3.10. The van der Waals surface area contributed by atoms with Crippen LogP contribution in [0, 0.1) is 0 Å². The average molecular weight is 317 g/mol. The van der Waals surface area contributed by atoms with E-state index >= 15 is 0 Å². The Labute approximate surface area is 122 Å². The molecule has 19 heavy (non-hydrogen) atoms. The summed E-state index contributed by atoms with van der Waals surface area (Å²) in [7, 11) is 0. The summed E-state index contributed by atoms with van der Waals surface area (Å²) in [6.45, 7) is 6.49. The van der Waals surface area contributed by atoms with Gasteiger partial charge in [-0.1, -0.05) is 73.1 Å². The van der Waals surface area contributed by atoms with Gasteiger partial charge in [-0.3, -0.25) is 4.79 Å². The Morgan fingerprint density at radius 2 is 1.58 bits per heavy atom. The quantitative estimate of drug-likeness (QED) is 0.714. The van der Waals surface area contributed by atoms with Crippen LogP contribution in [0.4, 0.5) is 0 Å². The lowest BCUT2D eigenvalue weighted by Crippen LogP contribution is -2.11. The molecule has 0 unspecified atom stereocenters. The molecule has 0 aliphatic carbocycles. The fraction of sp³-hybridized carbons (Fsp3) is 0.235. The summed E-state index contributed by atoms with van der Waals surface area (Å²) >= 11 is 3.39. The van der Waals surface area contributed by atoms with Gasteiger partial charge in [0, 0.05) is 15.6 Å². The van der Waals surface area contributed by atoms with Crippen LogP contribution in [0.25, 0.3) is 0 Å². The molecular weight excluding hydrogens is 300 g/mol. The number of hydrogen-bond donors (Lipinski definition) is 0. The van der Waals surface area contributed by atoms with Crippen molar-refractivity contribution in [1.82, 2.24) is 0 Å². The van der Waals surface area contributed by atoms with Crippen LogP contribution in [0.3, 0.4) is 0 Å². The third-order valence-corrected chi connectivity index (χ3v) is 3.59. The highest BCUT2D eigenvalue weighted by Gasteiger charge is 2.15. The van der Waals surface area contributed by atoms with Crippen molar-refractivity contribution in [2.24, 2.45) is 0 Å². The highest BCUT2D eigenvalue weighted by atomic mass is 79.9. The summed E-state index contributed by atoms with van der Waals surface area (Å²) in [5, 5.41) is 0. The smallest absolute Gasteiger partial charge is 0.193 e. The topological polar surface area (TPSA) is 17.1 Å². The summed E-state index contributed by atoms with van der Waals surface area (Å²) in [5.41, 5.74) is 2.78. The Balaban J connectivity index is 2.30. The molecule has 98 valence electrons. The molecule has 2 aromatic carbocycles. The second kappa shape index (κ2) is 5.30. The number of ketones is 1. The van der Waals surface area contributed by atoms with E-state index in [0.29, 0.717) is 5.56 Å². The van der Waals surface area contributed by atoms with Gasteiger partial charge in [-0.05, 0) is 23.1 Å². The molecule has 0 radical (unpaired) electrons. The second-order valence-electron chi connectivity index (χ2n) is 5.67. The van der Waals surface area contributed by atoms with Crippen LogP contribution < -0.4 is 0 Å². The first kappa shape index (κ1) is 14.0. The monoisotopic (exact) mass is 316 g/mol. The second-order valence-corrected chi connectivity index (χ2v) is 6.58. The van der Waals surface area contributed by atoms with Crippen molar-refractivity contribution in [2.45, 2.75) is 26.2 Å². The van der Waals surface area contributed by atoms with E-state index in [2.05, 4.69) is 36.7 Å². The van der Waals surface area contributed by atoms with E-state index in [1.54, 1.807) is 0 Å². The van der Waals surface area contributed by atoms with E-state index in [1.807, 2.05) is 48.5 Å². The Bertz CT molecular complexity index is 591. The Kier molecular flexibility index (Phi) is 3.91. The molecule has 0 spiro atoms. The van der Waals surface area contributed by atoms with Gasteiger partial charge in [0.2, 0.25) is 0 Å². The summed E-state index contributed by atoms with van der Waals surface area (Å²) in [6.07, 6.45) is 0. The van der Waals surface area contributed by atoms with Gasteiger partial charge in [0.05, 0.1) is 0 Å². The standard InChI is InChI=1S/C17H17BrO/c1-17(2,3)14-9-7-12(8-10-14)16(19)13-5-4-6-15(18)11-13/h4-11H,1-3H3. The largest absolute Gasteiger partial charge is 0.289 e. The van der Waals surface area contributed by atoms with Gasteiger partial charge in [0.1, 0.15) is 0 Å². The van der Waals surface area contributed by atoms with Crippen LogP contribution in [0.1, 0.15) is 42.3 Å². The first-order valence-corrected chi connectivity index (χ1v) is 7.08. The van der Waals surface area contributed by atoms with Crippen LogP contribution in [-0.2, 0) is 5.41 Å². The van der Waals surface area contributed by atoms with Gasteiger partial charge in [0.15, 0.2) is 5.78 Å². The lowest BCUT2D eigenvalue weighted by atomic mass is 9.86. The molecule has 2 aromatic rings. The van der Waals surface area contributed by atoms with E-state index in [-0.39, 0.29) is 11.2 Å². The van der Waals surface area contributed by atoms with Gasteiger partial charge in [-0.15, -0.1) is 0 Å². The normalized spacial score (nSPS) is 11.4. The maximum Gasteiger partial charge on any atom is 0.193 e. The van der Waals surface area contributed by atoms with Crippen molar-refractivity contribution in [3.8, 4) is 0 Å². The zero-order valence-corrected chi connectivity index (χ0v) is 13.0. The van der Waals surface area contributed by atoms with Crippen molar-refractivity contribution in [3.63, 3.8) is 0 Å². The van der Waals surface area contributed by atoms with Crippen LogP contribution in [-0.4, -0.2) is 5.78 Å². The minimum Gasteiger partial charge on any atom is -0.289 e. The van der Waals surface area contributed by atoms with Crippen molar-refractivity contribution in [1.29, 1.82) is 0 Å². The van der Waals surface area contributed by atoms with Crippen molar-refractivity contribution < 1.29 is 4.79 Å². The zero-order chi connectivity index (χ0) is 14.0. The molecule has 0 N–H and O–H groups in total. The molecule has 0 aromatic heterocycles. The van der Waals surface area contributed by atoms with Gasteiger partial charge in [0.25, 0.3) is 0 Å². The number of hydrogen-bond acceptors (Lipinski definition) is 1. The molecule has 0 saturated carbocycles. The van der Waals surface area contributed by atoms with E-state index in [9.17, 15) is 4.79 Å². The zero-order valence-electron chi connectivity index (χ0n) is 11.4. The lowest BCUT2D eigenvalue weighted by molar-refractivity contribution is 0.103. The predicted molar refractivity (Wildman–Crippen MR) is 82.7 cm³/mol. The molecule has 0 heterocycles. The molecule has 0 amide bonds. The summed E-state index contributed by atoms with van der Waals surface area (Å²) in [5.74, 6) is 0.0572. The average Bonchev–Trinajstić information content (AvgIpc) is 2.37. The van der Waals surface area contributed by atoms with Gasteiger partial charge in [-0.2, -0.15) is 0 Å². The highest BCUT2D eigenvalue weighted by molar-refractivity contribution is 9.10. The summed E-state index contributed by atoms with van der Waals surface area (Å²) < 4.78 is 0.921. The molecule has 0 bridgehead atoms. The predicted octanol–water partition coefficient (Wildman–Crippen LogP) is 4.98. The van der Waals surface area contributed by atoms with E-state index in [0.717, 1.165) is 10.0 Å². The maximum absolute atomic E-state index is 12.3. The van der Waals surface area contributed by atoms with Crippen molar-refractivity contribution >= 4 is 21.7 Å². The van der Waals surface area contributed by atoms with E-state index in [1.165, 1.54) is 5.56 Å². The van der Waals surface area contributed by atoms with Crippen LogP contribution >= 0.6 is 15.9 Å². The minimum absolute atomic E-state index is 0.0572. The van der Waals surface area contributed by atoms with Crippen molar-refractivity contribution in [2.75, 3.05) is 0 Å². The fourth-order valence-corrected chi connectivity index (χ4v) is 2.32. The first-order chi connectivity index (χ1) is 8.88. The number of carbonyl (C=O) groups excluding carboxylic acids is 1. The molecule has 2 heteroatoms.